The summed E-state index contributed by atoms with van der Waals surface area (Å²) in [7, 11) is 3.16. The number of hydrogen-bond donors (Lipinski definition) is 1. The molecule has 0 bridgehead atoms. The molecule has 1 heterocycles. The van der Waals surface area contributed by atoms with Crippen LogP contribution in [0.4, 0.5) is 0 Å². The standard InChI is InChI=1S/C19H21NO5/c1-12(13-8-9-14(22-2)17(10-13)23-3)20-19(21)18-11-24-15-6-4-5-7-16(15)25-18/h4-10,12,18H,11H2,1-3H3,(H,20,21). The second-order valence-electron chi connectivity index (χ2n) is 5.71. The van der Waals surface area contributed by atoms with E-state index in [1.165, 1.54) is 0 Å². The van der Waals surface area contributed by atoms with Gasteiger partial charge in [0.15, 0.2) is 23.0 Å². The van der Waals surface area contributed by atoms with Crippen LogP contribution in [0.3, 0.4) is 0 Å². The number of benzene rings is 2. The zero-order chi connectivity index (χ0) is 17.8. The molecule has 0 spiro atoms. The number of carbonyl (C=O) groups is 1. The molecule has 2 aromatic carbocycles. The van der Waals surface area contributed by atoms with E-state index < -0.39 is 6.10 Å². The first-order valence-corrected chi connectivity index (χ1v) is 8.03. The molecule has 0 saturated heterocycles. The van der Waals surface area contributed by atoms with E-state index in [2.05, 4.69) is 5.32 Å². The molecule has 1 aliphatic rings. The summed E-state index contributed by atoms with van der Waals surface area (Å²) < 4.78 is 21.9. The molecule has 1 amide bonds. The van der Waals surface area contributed by atoms with Gasteiger partial charge in [-0.25, -0.2) is 0 Å². The van der Waals surface area contributed by atoms with Crippen molar-refractivity contribution in [2.24, 2.45) is 0 Å². The minimum Gasteiger partial charge on any atom is -0.493 e. The number of ether oxygens (including phenoxy) is 4. The van der Waals surface area contributed by atoms with Gasteiger partial charge in [0, 0.05) is 0 Å². The predicted octanol–water partition coefficient (Wildman–Crippen LogP) is 2.72. The molecule has 1 N–H and O–H groups in total. The molecule has 0 fully saturated rings. The molecule has 2 atom stereocenters. The highest BCUT2D eigenvalue weighted by molar-refractivity contribution is 5.82. The summed E-state index contributed by atoms with van der Waals surface area (Å²) in [6, 6.07) is 12.6. The molecular formula is C19H21NO5. The van der Waals surface area contributed by atoms with Crippen molar-refractivity contribution in [3.8, 4) is 23.0 Å². The lowest BCUT2D eigenvalue weighted by molar-refractivity contribution is -0.131. The van der Waals surface area contributed by atoms with Crippen LogP contribution in [0.25, 0.3) is 0 Å². The van der Waals surface area contributed by atoms with Gasteiger partial charge in [0.25, 0.3) is 5.91 Å². The number of carbonyl (C=O) groups excluding carboxylic acids is 1. The van der Waals surface area contributed by atoms with E-state index in [9.17, 15) is 4.79 Å². The largest absolute Gasteiger partial charge is 0.493 e. The Hall–Kier alpha value is -2.89. The van der Waals surface area contributed by atoms with Crippen LogP contribution >= 0.6 is 0 Å². The molecule has 2 unspecified atom stereocenters. The van der Waals surface area contributed by atoms with Gasteiger partial charge in [-0.1, -0.05) is 18.2 Å². The van der Waals surface area contributed by atoms with E-state index in [1.54, 1.807) is 20.3 Å². The summed E-state index contributed by atoms with van der Waals surface area (Å²) >= 11 is 0. The average Bonchev–Trinajstić information content (AvgIpc) is 2.66. The van der Waals surface area contributed by atoms with Gasteiger partial charge in [0.2, 0.25) is 6.10 Å². The number of amides is 1. The van der Waals surface area contributed by atoms with Gasteiger partial charge >= 0.3 is 0 Å². The van der Waals surface area contributed by atoms with Crippen molar-refractivity contribution >= 4 is 5.91 Å². The smallest absolute Gasteiger partial charge is 0.265 e. The number of para-hydroxylation sites is 2. The highest BCUT2D eigenvalue weighted by Gasteiger charge is 2.28. The number of methoxy groups -OCH3 is 2. The topological polar surface area (TPSA) is 66.0 Å². The molecular weight excluding hydrogens is 322 g/mol. The maximum Gasteiger partial charge on any atom is 0.265 e. The van der Waals surface area contributed by atoms with E-state index in [0.717, 1.165) is 5.56 Å². The normalized spacial score (nSPS) is 16.7. The molecule has 2 aromatic rings. The fourth-order valence-electron chi connectivity index (χ4n) is 2.66. The van der Waals surface area contributed by atoms with Crippen molar-refractivity contribution < 1.29 is 23.7 Å². The quantitative estimate of drug-likeness (QED) is 0.904. The Morgan fingerprint density at radius 3 is 2.56 bits per heavy atom. The molecule has 0 aromatic heterocycles. The Labute approximate surface area is 146 Å². The van der Waals surface area contributed by atoms with Crippen molar-refractivity contribution in [2.75, 3.05) is 20.8 Å². The fraction of sp³-hybridized carbons (Fsp3) is 0.316. The van der Waals surface area contributed by atoms with Crippen LogP contribution in [0.2, 0.25) is 0 Å². The van der Waals surface area contributed by atoms with Crippen LogP contribution < -0.4 is 24.3 Å². The van der Waals surface area contributed by atoms with Crippen LogP contribution in [0.5, 0.6) is 23.0 Å². The van der Waals surface area contributed by atoms with Gasteiger partial charge < -0.3 is 24.3 Å². The minimum absolute atomic E-state index is 0.182. The zero-order valence-corrected chi connectivity index (χ0v) is 14.4. The summed E-state index contributed by atoms with van der Waals surface area (Å²) in [6.07, 6.45) is -0.683. The van der Waals surface area contributed by atoms with E-state index >= 15 is 0 Å². The molecule has 132 valence electrons. The van der Waals surface area contributed by atoms with Crippen molar-refractivity contribution in [3.63, 3.8) is 0 Å². The summed E-state index contributed by atoms with van der Waals surface area (Å²) in [5, 5.41) is 2.95. The number of rotatable bonds is 5. The summed E-state index contributed by atoms with van der Waals surface area (Å²) in [5.74, 6) is 2.27. The first-order chi connectivity index (χ1) is 12.1. The molecule has 3 rings (SSSR count). The van der Waals surface area contributed by atoms with Gasteiger partial charge in [-0.3, -0.25) is 4.79 Å². The fourth-order valence-corrected chi connectivity index (χ4v) is 2.66. The predicted molar refractivity (Wildman–Crippen MR) is 92.5 cm³/mol. The van der Waals surface area contributed by atoms with Crippen LogP contribution in [-0.2, 0) is 4.79 Å². The van der Waals surface area contributed by atoms with Gasteiger partial charge in [-0.15, -0.1) is 0 Å². The van der Waals surface area contributed by atoms with Crippen LogP contribution in [0.15, 0.2) is 42.5 Å². The second-order valence-corrected chi connectivity index (χ2v) is 5.71. The Morgan fingerprint density at radius 1 is 1.12 bits per heavy atom. The minimum atomic E-state index is -0.683. The number of fused-ring (bicyclic) bond motifs is 1. The van der Waals surface area contributed by atoms with E-state index in [0.29, 0.717) is 23.0 Å². The molecule has 25 heavy (non-hydrogen) atoms. The van der Waals surface area contributed by atoms with Crippen LogP contribution in [-0.4, -0.2) is 32.8 Å². The van der Waals surface area contributed by atoms with Crippen molar-refractivity contribution in [3.05, 3.63) is 48.0 Å². The van der Waals surface area contributed by atoms with Gasteiger partial charge in [-0.05, 0) is 36.8 Å². The molecule has 6 nitrogen and oxygen atoms in total. The Balaban J connectivity index is 1.67. The monoisotopic (exact) mass is 343 g/mol. The van der Waals surface area contributed by atoms with E-state index in [4.69, 9.17) is 18.9 Å². The number of hydrogen-bond acceptors (Lipinski definition) is 5. The van der Waals surface area contributed by atoms with Gasteiger partial charge in [0.05, 0.1) is 20.3 Å². The average molecular weight is 343 g/mol. The molecule has 6 heteroatoms. The van der Waals surface area contributed by atoms with Crippen molar-refractivity contribution in [2.45, 2.75) is 19.1 Å². The maximum absolute atomic E-state index is 12.5. The van der Waals surface area contributed by atoms with E-state index in [-0.39, 0.29) is 18.6 Å². The third-order valence-electron chi connectivity index (χ3n) is 4.07. The maximum atomic E-state index is 12.5. The Morgan fingerprint density at radius 2 is 1.84 bits per heavy atom. The molecule has 0 radical (unpaired) electrons. The molecule has 1 aliphatic heterocycles. The Kier molecular flexibility index (Phi) is 4.97. The molecule has 0 aliphatic carbocycles. The SMILES string of the molecule is COc1ccc(C(C)NC(=O)C2COc3ccccc3O2)cc1OC. The van der Waals surface area contributed by atoms with Gasteiger partial charge in [0.1, 0.15) is 6.61 Å². The van der Waals surface area contributed by atoms with Gasteiger partial charge in [-0.2, -0.15) is 0 Å². The summed E-state index contributed by atoms with van der Waals surface area (Å²) in [6.45, 7) is 2.08. The first kappa shape index (κ1) is 17.0. The Bertz CT molecular complexity index is 761. The van der Waals surface area contributed by atoms with E-state index in [1.807, 2.05) is 43.3 Å². The van der Waals surface area contributed by atoms with Crippen molar-refractivity contribution in [1.82, 2.24) is 5.32 Å². The lowest BCUT2D eigenvalue weighted by atomic mass is 10.1. The third kappa shape index (κ3) is 3.63. The number of nitrogens with one attached hydrogen (secondary N) is 1. The first-order valence-electron chi connectivity index (χ1n) is 8.03. The van der Waals surface area contributed by atoms with Crippen LogP contribution in [0.1, 0.15) is 18.5 Å². The van der Waals surface area contributed by atoms with Crippen molar-refractivity contribution in [1.29, 1.82) is 0 Å². The van der Waals surface area contributed by atoms with Crippen LogP contribution in [0, 0.1) is 0 Å². The summed E-state index contributed by atoms with van der Waals surface area (Å²) in [4.78, 5) is 12.5. The lowest BCUT2D eigenvalue weighted by Gasteiger charge is -2.27. The molecule has 0 saturated carbocycles. The third-order valence-corrected chi connectivity index (χ3v) is 4.07. The summed E-state index contributed by atoms with van der Waals surface area (Å²) in [5.41, 5.74) is 0.906. The second kappa shape index (κ2) is 7.34. The highest BCUT2D eigenvalue weighted by Crippen LogP contribution is 2.32. The lowest BCUT2D eigenvalue weighted by Crippen LogP contribution is -2.44. The highest BCUT2D eigenvalue weighted by atomic mass is 16.6. The zero-order valence-electron chi connectivity index (χ0n) is 14.4.